The predicted octanol–water partition coefficient (Wildman–Crippen LogP) is 2.64. The minimum absolute atomic E-state index is 0.0344. The highest BCUT2D eigenvalue weighted by molar-refractivity contribution is 6.37. The second kappa shape index (κ2) is 6.10. The minimum Gasteiger partial charge on any atom is -0.458 e. The van der Waals surface area contributed by atoms with Gasteiger partial charge in [-0.15, -0.1) is 0 Å². The highest BCUT2D eigenvalue weighted by Gasteiger charge is 2.45. The molecule has 0 aliphatic carbocycles. The van der Waals surface area contributed by atoms with Crippen LogP contribution in [0.3, 0.4) is 0 Å². The molecular weight excluding hydrogens is 414 g/mol. The Morgan fingerprint density at radius 3 is 2.83 bits per heavy atom. The summed E-state index contributed by atoms with van der Waals surface area (Å²) >= 11 is 6.56. The number of halogens is 1. The van der Waals surface area contributed by atoms with E-state index in [0.29, 0.717) is 22.5 Å². The number of cyclic esters (lactones) is 1. The first kappa shape index (κ1) is 18.7. The van der Waals surface area contributed by atoms with Crippen molar-refractivity contribution in [3.05, 3.63) is 66.4 Å². The zero-order valence-electron chi connectivity index (χ0n) is 15.6. The van der Waals surface area contributed by atoms with Crippen LogP contribution in [0.1, 0.15) is 30.0 Å². The largest absolute Gasteiger partial charge is 0.458 e. The maximum absolute atomic E-state index is 13.1. The molecule has 0 bridgehead atoms. The Balaban J connectivity index is 1.83. The number of esters is 1. The van der Waals surface area contributed by atoms with E-state index in [-0.39, 0.29) is 46.8 Å². The average molecular weight is 428 g/mol. The van der Waals surface area contributed by atoms with Gasteiger partial charge in [0.15, 0.2) is 5.60 Å². The molecule has 4 heterocycles. The molecule has 0 saturated heterocycles. The van der Waals surface area contributed by atoms with Gasteiger partial charge < -0.3 is 14.4 Å². The third-order valence-electron chi connectivity index (χ3n) is 5.82. The Labute approximate surface area is 173 Å². The lowest BCUT2D eigenvalue weighted by Crippen LogP contribution is -2.44. The molecule has 10 heteroatoms. The highest BCUT2D eigenvalue weighted by atomic mass is 35.5. The molecule has 0 radical (unpaired) electrons. The molecule has 30 heavy (non-hydrogen) atoms. The van der Waals surface area contributed by atoms with Gasteiger partial charge in [-0.25, -0.2) is 9.78 Å². The lowest BCUT2D eigenvalue weighted by molar-refractivity contribution is -0.383. The normalized spacial score (nSPS) is 19.2. The van der Waals surface area contributed by atoms with E-state index in [2.05, 4.69) is 4.98 Å². The van der Waals surface area contributed by atoms with E-state index in [1.54, 1.807) is 19.1 Å². The number of carbonyl (C=O) groups is 1. The fraction of sp³-hybridized carbons (Fsp3) is 0.250. The van der Waals surface area contributed by atoms with Gasteiger partial charge >= 0.3 is 5.97 Å². The molecule has 0 fully saturated rings. The SMILES string of the molecule is CC[C@@]1(O)C(=O)OCc2c1cc1n(c2=O)Cc2c-1nc1cccc([N+](=O)[O-])c1c2Cl. The monoisotopic (exact) mass is 427 g/mol. The second-order valence-corrected chi connectivity index (χ2v) is 7.66. The van der Waals surface area contributed by atoms with E-state index in [1.807, 2.05) is 0 Å². The maximum Gasteiger partial charge on any atom is 0.343 e. The van der Waals surface area contributed by atoms with Gasteiger partial charge in [0.25, 0.3) is 11.2 Å². The zero-order chi connectivity index (χ0) is 21.4. The Kier molecular flexibility index (Phi) is 3.80. The number of nitrogens with zero attached hydrogens (tertiary/aromatic N) is 3. The van der Waals surface area contributed by atoms with Gasteiger partial charge in [-0.05, 0) is 18.6 Å². The van der Waals surface area contributed by atoms with Crippen LogP contribution in [0.2, 0.25) is 5.02 Å². The summed E-state index contributed by atoms with van der Waals surface area (Å²) in [6.45, 7) is 1.46. The zero-order valence-corrected chi connectivity index (χ0v) is 16.4. The van der Waals surface area contributed by atoms with E-state index < -0.39 is 22.1 Å². The molecule has 9 nitrogen and oxygen atoms in total. The third kappa shape index (κ3) is 2.24. The first-order valence-corrected chi connectivity index (χ1v) is 9.58. The molecule has 152 valence electrons. The van der Waals surface area contributed by atoms with Crippen LogP contribution >= 0.6 is 11.6 Å². The highest BCUT2D eigenvalue weighted by Crippen LogP contribution is 2.43. The molecule has 0 amide bonds. The number of benzene rings is 1. The van der Waals surface area contributed by atoms with Crippen molar-refractivity contribution in [1.29, 1.82) is 0 Å². The first-order valence-electron chi connectivity index (χ1n) is 9.20. The Morgan fingerprint density at radius 1 is 1.37 bits per heavy atom. The molecule has 1 atom stereocenters. The first-order chi connectivity index (χ1) is 14.3. The summed E-state index contributed by atoms with van der Waals surface area (Å²) in [7, 11) is 0. The van der Waals surface area contributed by atoms with E-state index in [4.69, 9.17) is 16.3 Å². The molecule has 3 aromatic rings. The van der Waals surface area contributed by atoms with Crippen molar-refractivity contribution >= 4 is 34.2 Å². The lowest BCUT2D eigenvalue weighted by atomic mass is 9.86. The number of nitro groups is 1. The summed E-state index contributed by atoms with van der Waals surface area (Å²) in [5.74, 6) is -0.805. The maximum atomic E-state index is 13.1. The fourth-order valence-electron chi connectivity index (χ4n) is 4.21. The standard InChI is InChI=1S/C20H14ClN3O6/c1-2-20(27)11-6-14-17-9(7-23(14)18(25)10(11)8-30-19(20)26)16(21)15-12(22-17)4-3-5-13(15)24(28)29/h3-6,27H,2,7-8H2,1H3/t20-/m0/s1. The Hall–Kier alpha value is -3.30. The van der Waals surface area contributed by atoms with Gasteiger partial charge in [-0.1, -0.05) is 24.6 Å². The van der Waals surface area contributed by atoms with E-state index in [9.17, 15) is 24.8 Å². The van der Waals surface area contributed by atoms with E-state index in [0.717, 1.165) is 0 Å². The molecule has 0 unspecified atom stereocenters. The van der Waals surface area contributed by atoms with Gasteiger partial charge in [0.2, 0.25) is 0 Å². The molecule has 2 aliphatic rings. The molecule has 0 spiro atoms. The fourth-order valence-corrected chi connectivity index (χ4v) is 4.55. The van der Waals surface area contributed by atoms with Crippen LogP contribution in [-0.4, -0.2) is 25.6 Å². The summed E-state index contributed by atoms with van der Waals surface area (Å²) in [4.78, 5) is 40.8. The van der Waals surface area contributed by atoms with Crippen molar-refractivity contribution in [1.82, 2.24) is 9.55 Å². The Bertz CT molecular complexity index is 1370. The number of fused-ring (bicyclic) bond motifs is 5. The number of aliphatic hydroxyl groups is 1. The number of non-ortho nitro benzene ring substituents is 1. The quantitative estimate of drug-likeness (QED) is 0.296. The van der Waals surface area contributed by atoms with E-state index >= 15 is 0 Å². The number of rotatable bonds is 2. The summed E-state index contributed by atoms with van der Waals surface area (Å²) in [6.07, 6.45) is 0.0344. The number of aromatic nitrogens is 2. The molecule has 1 aromatic carbocycles. The number of carbonyl (C=O) groups excluding carboxylic acids is 1. The second-order valence-electron chi connectivity index (χ2n) is 7.28. The lowest BCUT2D eigenvalue weighted by Gasteiger charge is -2.31. The average Bonchev–Trinajstić information content (AvgIpc) is 3.10. The van der Waals surface area contributed by atoms with E-state index in [1.165, 1.54) is 16.7 Å². The summed E-state index contributed by atoms with van der Waals surface area (Å²) in [5.41, 5.74) is -0.545. The number of pyridine rings is 2. The van der Waals surface area contributed by atoms with Gasteiger partial charge in [0.1, 0.15) is 6.61 Å². The van der Waals surface area contributed by atoms with Crippen molar-refractivity contribution in [2.45, 2.75) is 32.1 Å². The van der Waals surface area contributed by atoms with Gasteiger partial charge in [-0.3, -0.25) is 14.9 Å². The molecule has 5 rings (SSSR count). The summed E-state index contributed by atoms with van der Waals surface area (Å²) in [5, 5.41) is 22.7. The number of hydrogen-bond donors (Lipinski definition) is 1. The summed E-state index contributed by atoms with van der Waals surface area (Å²) < 4.78 is 6.47. The van der Waals surface area contributed by atoms with Crippen LogP contribution in [0.25, 0.3) is 22.3 Å². The topological polar surface area (TPSA) is 125 Å². The van der Waals surface area contributed by atoms with Gasteiger partial charge in [0, 0.05) is 17.2 Å². The van der Waals surface area contributed by atoms with Crippen LogP contribution in [0.5, 0.6) is 0 Å². The third-order valence-corrected chi connectivity index (χ3v) is 6.24. The van der Waals surface area contributed by atoms with Crippen molar-refractivity contribution in [2.75, 3.05) is 0 Å². The predicted molar refractivity (Wildman–Crippen MR) is 106 cm³/mol. The molecule has 1 N–H and O–H groups in total. The molecular formula is C20H14ClN3O6. The van der Waals surface area contributed by atoms with Crippen molar-refractivity contribution < 1.29 is 19.6 Å². The Morgan fingerprint density at radius 2 is 2.13 bits per heavy atom. The number of nitro benzene ring substituents is 1. The smallest absolute Gasteiger partial charge is 0.343 e. The van der Waals surface area contributed by atoms with Gasteiger partial charge in [0.05, 0.1) is 44.3 Å². The van der Waals surface area contributed by atoms with Crippen LogP contribution < -0.4 is 5.56 Å². The van der Waals surface area contributed by atoms with Crippen molar-refractivity contribution in [3.8, 4) is 11.4 Å². The minimum atomic E-state index is -1.93. The van der Waals surface area contributed by atoms with Crippen molar-refractivity contribution in [2.24, 2.45) is 0 Å². The van der Waals surface area contributed by atoms with Crippen LogP contribution in [0.15, 0.2) is 29.1 Å². The van der Waals surface area contributed by atoms with Crippen LogP contribution in [0.4, 0.5) is 5.69 Å². The molecule has 2 aliphatic heterocycles. The van der Waals surface area contributed by atoms with Gasteiger partial charge in [-0.2, -0.15) is 0 Å². The van der Waals surface area contributed by atoms with Crippen LogP contribution in [0, 0.1) is 10.1 Å². The van der Waals surface area contributed by atoms with Crippen molar-refractivity contribution in [3.63, 3.8) is 0 Å². The molecule has 2 aromatic heterocycles. The summed E-state index contributed by atoms with van der Waals surface area (Å²) in [6, 6.07) is 6.03. The molecule has 0 saturated carbocycles. The number of hydrogen-bond acceptors (Lipinski definition) is 7. The van der Waals surface area contributed by atoms with Crippen LogP contribution in [-0.2, 0) is 28.3 Å². The number of ether oxygens (including phenoxy) is 1.